The largest absolute Gasteiger partial charge is 0.459 e. The van der Waals surface area contributed by atoms with Crippen LogP contribution >= 0.6 is 0 Å². The molecular formula is C20H24N4O4. The van der Waals surface area contributed by atoms with Gasteiger partial charge in [-0.25, -0.2) is 9.59 Å². The van der Waals surface area contributed by atoms with Gasteiger partial charge in [-0.1, -0.05) is 6.07 Å². The van der Waals surface area contributed by atoms with Crippen LogP contribution in [-0.4, -0.2) is 32.9 Å². The average molecular weight is 384 g/mol. The molecule has 0 radical (unpaired) electrons. The van der Waals surface area contributed by atoms with Crippen molar-refractivity contribution in [2.75, 3.05) is 0 Å². The van der Waals surface area contributed by atoms with Crippen molar-refractivity contribution < 1.29 is 14.3 Å². The molecule has 3 rings (SSSR count). The van der Waals surface area contributed by atoms with E-state index in [0.717, 1.165) is 5.56 Å². The maximum atomic E-state index is 12.8. The minimum absolute atomic E-state index is 0.242. The fourth-order valence-electron chi connectivity index (χ4n) is 3.23. The van der Waals surface area contributed by atoms with Crippen LogP contribution in [0.3, 0.4) is 0 Å². The van der Waals surface area contributed by atoms with Gasteiger partial charge in [-0.05, 0) is 57.9 Å². The summed E-state index contributed by atoms with van der Waals surface area (Å²) < 4.78 is 5.26. The molecule has 0 aliphatic rings. The van der Waals surface area contributed by atoms with Gasteiger partial charge in [0.15, 0.2) is 0 Å². The Kier molecular flexibility index (Phi) is 5.13. The van der Waals surface area contributed by atoms with Crippen LogP contribution in [0.1, 0.15) is 64.5 Å². The predicted octanol–water partition coefficient (Wildman–Crippen LogP) is 2.86. The van der Waals surface area contributed by atoms with Crippen molar-refractivity contribution in [3.05, 3.63) is 56.8 Å². The number of carbonyl (C=O) groups is 2. The quantitative estimate of drug-likeness (QED) is 0.506. The second kappa shape index (κ2) is 7.38. The van der Waals surface area contributed by atoms with E-state index in [2.05, 4.69) is 20.3 Å². The van der Waals surface area contributed by atoms with Gasteiger partial charge in [-0.15, -0.1) is 0 Å². The highest BCUT2D eigenvalue weighted by Crippen LogP contribution is 2.22. The number of H-pyrrole nitrogens is 3. The SMILES string of the molecule is Cc1[nH]c(C(=O)NC(C)c2ccc3[nH]c(=O)[nH]c3c2)c(C)c1C(=O)OC(C)C. The number of rotatable bonds is 5. The zero-order valence-electron chi connectivity index (χ0n) is 16.5. The van der Waals surface area contributed by atoms with E-state index in [1.807, 2.05) is 19.1 Å². The molecule has 1 amide bonds. The number of amides is 1. The van der Waals surface area contributed by atoms with E-state index in [4.69, 9.17) is 4.74 Å². The number of hydrogen-bond acceptors (Lipinski definition) is 4. The third-order valence-electron chi connectivity index (χ3n) is 4.60. The van der Waals surface area contributed by atoms with E-state index in [9.17, 15) is 14.4 Å². The molecule has 2 aromatic heterocycles. The number of benzene rings is 1. The normalized spacial score (nSPS) is 12.4. The molecule has 0 spiro atoms. The van der Waals surface area contributed by atoms with Crippen molar-refractivity contribution in [1.82, 2.24) is 20.3 Å². The molecule has 8 heteroatoms. The Labute approximate surface area is 161 Å². The smallest absolute Gasteiger partial charge is 0.340 e. The highest BCUT2D eigenvalue weighted by atomic mass is 16.5. The second-order valence-electron chi connectivity index (χ2n) is 7.16. The molecule has 1 unspecified atom stereocenters. The van der Waals surface area contributed by atoms with Crippen LogP contribution in [0.15, 0.2) is 23.0 Å². The van der Waals surface area contributed by atoms with E-state index >= 15 is 0 Å². The van der Waals surface area contributed by atoms with E-state index < -0.39 is 5.97 Å². The second-order valence-corrected chi connectivity index (χ2v) is 7.16. The Morgan fingerprint density at radius 2 is 1.71 bits per heavy atom. The molecule has 1 atom stereocenters. The Balaban J connectivity index is 1.81. The van der Waals surface area contributed by atoms with Crippen molar-refractivity contribution in [1.29, 1.82) is 0 Å². The molecule has 8 nitrogen and oxygen atoms in total. The number of esters is 1. The molecule has 1 aromatic carbocycles. The summed E-state index contributed by atoms with van der Waals surface area (Å²) in [5.74, 6) is -0.769. The van der Waals surface area contributed by atoms with Gasteiger partial charge in [-0.2, -0.15) is 0 Å². The summed E-state index contributed by atoms with van der Waals surface area (Å²) in [6.45, 7) is 8.86. The summed E-state index contributed by atoms with van der Waals surface area (Å²) in [5, 5.41) is 2.92. The molecule has 2 heterocycles. The predicted molar refractivity (Wildman–Crippen MR) is 106 cm³/mol. The summed E-state index contributed by atoms with van der Waals surface area (Å²) in [5.41, 5.74) is 3.81. The van der Waals surface area contributed by atoms with Gasteiger partial charge >= 0.3 is 11.7 Å². The van der Waals surface area contributed by atoms with Crippen molar-refractivity contribution in [2.45, 2.75) is 46.8 Å². The van der Waals surface area contributed by atoms with Gasteiger partial charge < -0.3 is 25.0 Å². The van der Waals surface area contributed by atoms with Crippen molar-refractivity contribution >= 4 is 22.9 Å². The number of imidazole rings is 1. The fraction of sp³-hybridized carbons (Fsp3) is 0.350. The third-order valence-corrected chi connectivity index (χ3v) is 4.60. The third kappa shape index (κ3) is 3.71. The topological polar surface area (TPSA) is 120 Å². The Morgan fingerprint density at radius 3 is 2.39 bits per heavy atom. The molecule has 3 aromatic rings. The van der Waals surface area contributed by atoms with Crippen LogP contribution in [0.2, 0.25) is 0 Å². The summed E-state index contributed by atoms with van der Waals surface area (Å²) >= 11 is 0. The number of nitrogens with one attached hydrogen (secondary N) is 4. The summed E-state index contributed by atoms with van der Waals surface area (Å²) in [6.07, 6.45) is -0.242. The molecule has 4 N–H and O–H groups in total. The molecule has 148 valence electrons. The zero-order valence-corrected chi connectivity index (χ0v) is 16.5. The van der Waals surface area contributed by atoms with E-state index in [0.29, 0.717) is 33.5 Å². The first-order chi connectivity index (χ1) is 13.2. The van der Waals surface area contributed by atoms with Crippen molar-refractivity contribution in [3.63, 3.8) is 0 Å². The molecule has 0 bridgehead atoms. The van der Waals surface area contributed by atoms with Gasteiger partial charge in [0.1, 0.15) is 5.69 Å². The maximum absolute atomic E-state index is 12.8. The minimum Gasteiger partial charge on any atom is -0.459 e. The number of carbonyl (C=O) groups excluding carboxylic acids is 2. The number of hydrogen-bond donors (Lipinski definition) is 4. The Morgan fingerprint density at radius 1 is 1.04 bits per heavy atom. The molecule has 0 saturated heterocycles. The first-order valence-electron chi connectivity index (χ1n) is 9.10. The van der Waals surface area contributed by atoms with Crippen LogP contribution in [0, 0.1) is 13.8 Å². The lowest BCUT2D eigenvalue weighted by atomic mass is 10.1. The summed E-state index contributed by atoms with van der Waals surface area (Å²) in [4.78, 5) is 44.9. The summed E-state index contributed by atoms with van der Waals surface area (Å²) in [7, 11) is 0. The average Bonchev–Trinajstić information content (AvgIpc) is 3.11. The minimum atomic E-state index is -0.449. The van der Waals surface area contributed by atoms with Crippen LogP contribution in [-0.2, 0) is 4.74 Å². The molecule has 0 fully saturated rings. The molecule has 0 aliphatic carbocycles. The van der Waals surface area contributed by atoms with Gasteiger partial charge in [0.25, 0.3) is 5.91 Å². The lowest BCUT2D eigenvalue weighted by Gasteiger charge is -2.14. The zero-order chi connectivity index (χ0) is 20.6. The van der Waals surface area contributed by atoms with Gasteiger partial charge in [0.05, 0.1) is 28.7 Å². The lowest BCUT2D eigenvalue weighted by Crippen LogP contribution is -2.27. The van der Waals surface area contributed by atoms with E-state index in [1.165, 1.54) is 0 Å². The van der Waals surface area contributed by atoms with Gasteiger partial charge in [-0.3, -0.25) is 4.79 Å². The van der Waals surface area contributed by atoms with Crippen LogP contribution in [0.5, 0.6) is 0 Å². The Hall–Kier alpha value is -3.29. The first-order valence-corrected chi connectivity index (χ1v) is 9.10. The van der Waals surface area contributed by atoms with Gasteiger partial charge in [0.2, 0.25) is 0 Å². The highest BCUT2D eigenvalue weighted by Gasteiger charge is 2.24. The summed E-state index contributed by atoms with van der Waals surface area (Å²) in [6, 6.07) is 5.14. The van der Waals surface area contributed by atoms with Crippen molar-refractivity contribution in [3.8, 4) is 0 Å². The number of aromatic amines is 3. The van der Waals surface area contributed by atoms with Crippen molar-refractivity contribution in [2.24, 2.45) is 0 Å². The Bertz CT molecular complexity index is 1100. The van der Waals surface area contributed by atoms with Crippen LogP contribution < -0.4 is 11.0 Å². The molecule has 28 heavy (non-hydrogen) atoms. The van der Waals surface area contributed by atoms with E-state index in [1.54, 1.807) is 33.8 Å². The number of fused-ring (bicyclic) bond motifs is 1. The molecule has 0 aliphatic heterocycles. The van der Waals surface area contributed by atoms with Crippen LogP contribution in [0.4, 0.5) is 0 Å². The number of aromatic nitrogens is 3. The standard InChI is InChI=1S/C20H24N4O4/c1-9(2)28-19(26)16-10(3)17(21-12(16)5)18(25)22-11(4)13-6-7-14-15(8-13)24-20(27)23-14/h6-9,11,21H,1-5H3,(H,22,25)(H2,23,24,27). The lowest BCUT2D eigenvalue weighted by molar-refractivity contribution is 0.0376. The molecule has 0 saturated carbocycles. The van der Waals surface area contributed by atoms with Gasteiger partial charge in [0, 0.05) is 5.69 Å². The van der Waals surface area contributed by atoms with Crippen LogP contribution in [0.25, 0.3) is 11.0 Å². The maximum Gasteiger partial charge on any atom is 0.340 e. The fourth-order valence-corrected chi connectivity index (χ4v) is 3.23. The highest BCUT2D eigenvalue weighted by molar-refractivity contribution is 6.00. The number of ether oxygens (including phenoxy) is 1. The van der Waals surface area contributed by atoms with E-state index in [-0.39, 0.29) is 23.7 Å². The monoisotopic (exact) mass is 384 g/mol. The molecular weight excluding hydrogens is 360 g/mol. The first kappa shape index (κ1) is 19.5. The number of aryl methyl sites for hydroxylation is 1.